The normalized spacial score (nSPS) is 12.2. The summed E-state index contributed by atoms with van der Waals surface area (Å²) in [4.78, 5) is 23.5. The Morgan fingerprint density at radius 2 is 1.52 bits per heavy atom. The summed E-state index contributed by atoms with van der Waals surface area (Å²) in [5.41, 5.74) is 0.00321. The Bertz CT molecular complexity index is 932. The van der Waals surface area contributed by atoms with Gasteiger partial charge in [-0.3, -0.25) is 4.79 Å². The van der Waals surface area contributed by atoms with Crippen molar-refractivity contribution in [3.63, 3.8) is 0 Å². The third kappa shape index (κ3) is 5.47. The number of carbonyl (C=O) groups excluding carboxylic acids is 1. The molecular weight excluding hydrogens is 385 g/mol. The molecule has 0 aliphatic rings. The molecule has 1 N–H and O–H groups in total. The van der Waals surface area contributed by atoms with Gasteiger partial charge in [0.2, 0.25) is 0 Å². The van der Waals surface area contributed by atoms with E-state index in [-0.39, 0.29) is 5.56 Å². The third-order valence-electron chi connectivity index (χ3n) is 4.28. The SMILES string of the molecule is Cc1cc(/C=C/C(=O)c2ccc(C(F)(F)F)cc2)cc(C)c1OC(C)(C)C(=O)O. The van der Waals surface area contributed by atoms with E-state index in [4.69, 9.17) is 4.74 Å². The number of halogens is 3. The molecule has 0 heterocycles. The second kappa shape index (κ2) is 8.11. The monoisotopic (exact) mass is 406 g/mol. The number of ketones is 1. The maximum atomic E-state index is 12.6. The van der Waals surface area contributed by atoms with Crippen LogP contribution in [0.2, 0.25) is 0 Å². The molecule has 0 saturated heterocycles. The summed E-state index contributed by atoms with van der Waals surface area (Å²) in [6.07, 6.45) is -1.63. The molecule has 0 saturated carbocycles. The van der Waals surface area contributed by atoms with E-state index in [1.54, 1.807) is 32.1 Å². The van der Waals surface area contributed by atoms with Crippen LogP contribution in [0.15, 0.2) is 42.5 Å². The first-order chi connectivity index (χ1) is 13.3. The lowest BCUT2D eigenvalue weighted by molar-refractivity contribution is -0.152. The largest absolute Gasteiger partial charge is 0.478 e. The van der Waals surface area contributed by atoms with Gasteiger partial charge in [0, 0.05) is 5.56 Å². The van der Waals surface area contributed by atoms with E-state index in [0.29, 0.717) is 22.4 Å². The number of aliphatic carboxylic acids is 1. The molecule has 0 amide bonds. The topological polar surface area (TPSA) is 63.6 Å². The Morgan fingerprint density at radius 3 is 1.97 bits per heavy atom. The number of hydrogen-bond acceptors (Lipinski definition) is 3. The number of carboxylic acid groups (broad SMARTS) is 1. The second-order valence-electron chi connectivity index (χ2n) is 7.17. The van der Waals surface area contributed by atoms with Gasteiger partial charge in [0.1, 0.15) is 5.75 Å². The van der Waals surface area contributed by atoms with Crippen LogP contribution in [0.25, 0.3) is 6.08 Å². The predicted octanol–water partition coefficient (Wildman–Crippen LogP) is 5.46. The summed E-state index contributed by atoms with van der Waals surface area (Å²) in [7, 11) is 0. The van der Waals surface area contributed by atoms with E-state index in [1.807, 2.05) is 0 Å². The Morgan fingerprint density at radius 1 is 1.00 bits per heavy atom. The minimum Gasteiger partial charge on any atom is -0.478 e. The van der Waals surface area contributed by atoms with Crippen molar-refractivity contribution in [1.29, 1.82) is 0 Å². The number of aryl methyl sites for hydroxylation is 2. The van der Waals surface area contributed by atoms with Crippen molar-refractivity contribution in [3.05, 3.63) is 70.3 Å². The van der Waals surface area contributed by atoms with Gasteiger partial charge in [0.05, 0.1) is 5.56 Å². The highest BCUT2D eigenvalue weighted by Gasteiger charge is 2.31. The van der Waals surface area contributed by atoms with Gasteiger partial charge in [-0.1, -0.05) is 18.2 Å². The summed E-state index contributed by atoms with van der Waals surface area (Å²) >= 11 is 0. The number of carboxylic acids is 1. The number of benzene rings is 2. The molecule has 0 radical (unpaired) electrons. The molecule has 29 heavy (non-hydrogen) atoms. The molecule has 4 nitrogen and oxygen atoms in total. The van der Waals surface area contributed by atoms with Crippen LogP contribution in [0.3, 0.4) is 0 Å². The first-order valence-electron chi connectivity index (χ1n) is 8.74. The van der Waals surface area contributed by atoms with Gasteiger partial charge in [-0.2, -0.15) is 13.2 Å². The molecule has 7 heteroatoms. The highest BCUT2D eigenvalue weighted by atomic mass is 19.4. The zero-order chi connectivity index (χ0) is 22.0. The lowest BCUT2D eigenvalue weighted by Crippen LogP contribution is -2.38. The summed E-state index contributed by atoms with van der Waals surface area (Å²) in [6, 6.07) is 7.47. The van der Waals surface area contributed by atoms with Crippen LogP contribution in [0, 0.1) is 13.8 Å². The van der Waals surface area contributed by atoms with Gasteiger partial charge in [-0.25, -0.2) is 4.79 Å². The van der Waals surface area contributed by atoms with Gasteiger partial charge >= 0.3 is 12.1 Å². The first-order valence-corrected chi connectivity index (χ1v) is 8.74. The fourth-order valence-electron chi connectivity index (χ4n) is 2.63. The molecule has 2 aromatic rings. The van der Waals surface area contributed by atoms with E-state index in [2.05, 4.69) is 0 Å². The highest BCUT2D eigenvalue weighted by molar-refractivity contribution is 6.06. The van der Waals surface area contributed by atoms with Crippen LogP contribution in [0.4, 0.5) is 13.2 Å². The lowest BCUT2D eigenvalue weighted by atomic mass is 10.0. The van der Waals surface area contributed by atoms with E-state index < -0.39 is 29.1 Å². The van der Waals surface area contributed by atoms with Crippen LogP contribution in [-0.2, 0) is 11.0 Å². The molecule has 0 unspecified atom stereocenters. The number of ether oxygens (including phenoxy) is 1. The van der Waals surface area contributed by atoms with Crippen molar-refractivity contribution in [1.82, 2.24) is 0 Å². The van der Waals surface area contributed by atoms with E-state index in [9.17, 15) is 27.9 Å². The summed E-state index contributed by atoms with van der Waals surface area (Å²) in [5.74, 6) is -1.08. The number of rotatable bonds is 6. The molecule has 0 aliphatic heterocycles. The number of hydrogen-bond donors (Lipinski definition) is 1. The quantitative estimate of drug-likeness (QED) is 0.511. The molecule has 0 spiro atoms. The van der Waals surface area contributed by atoms with Crippen molar-refractivity contribution in [2.24, 2.45) is 0 Å². The Balaban J connectivity index is 2.20. The summed E-state index contributed by atoms with van der Waals surface area (Å²) in [6.45, 7) is 6.42. The average molecular weight is 406 g/mol. The smallest absolute Gasteiger partial charge is 0.416 e. The fraction of sp³-hybridized carbons (Fsp3) is 0.273. The number of allylic oxidation sites excluding steroid dienone is 1. The molecule has 0 aliphatic carbocycles. The molecule has 2 aromatic carbocycles. The minimum atomic E-state index is -4.45. The van der Waals surface area contributed by atoms with Crippen molar-refractivity contribution in [2.75, 3.05) is 0 Å². The van der Waals surface area contributed by atoms with Crippen LogP contribution in [0.5, 0.6) is 5.75 Å². The van der Waals surface area contributed by atoms with Crippen molar-refractivity contribution in [2.45, 2.75) is 39.5 Å². The Kier molecular flexibility index (Phi) is 6.21. The molecule has 0 atom stereocenters. The second-order valence-corrected chi connectivity index (χ2v) is 7.17. The van der Waals surface area contributed by atoms with Crippen molar-refractivity contribution >= 4 is 17.8 Å². The van der Waals surface area contributed by atoms with Crippen LogP contribution in [-0.4, -0.2) is 22.5 Å². The fourth-order valence-corrected chi connectivity index (χ4v) is 2.63. The van der Waals surface area contributed by atoms with Gasteiger partial charge in [-0.15, -0.1) is 0 Å². The van der Waals surface area contributed by atoms with Crippen LogP contribution in [0.1, 0.15) is 46.5 Å². The van der Waals surface area contributed by atoms with Crippen LogP contribution >= 0.6 is 0 Å². The molecule has 0 fully saturated rings. The number of alkyl halides is 3. The molecule has 2 rings (SSSR count). The van der Waals surface area contributed by atoms with Gasteiger partial charge in [-0.05, 0) is 74.7 Å². The highest BCUT2D eigenvalue weighted by Crippen LogP contribution is 2.30. The van der Waals surface area contributed by atoms with Crippen molar-refractivity contribution in [3.8, 4) is 5.75 Å². The van der Waals surface area contributed by atoms with E-state index in [1.165, 1.54) is 19.9 Å². The zero-order valence-electron chi connectivity index (χ0n) is 16.4. The maximum Gasteiger partial charge on any atom is 0.416 e. The average Bonchev–Trinajstić information content (AvgIpc) is 2.62. The van der Waals surface area contributed by atoms with E-state index >= 15 is 0 Å². The van der Waals surface area contributed by atoms with Gasteiger partial charge in [0.15, 0.2) is 11.4 Å². The van der Waals surface area contributed by atoms with Gasteiger partial charge < -0.3 is 9.84 Å². The molecular formula is C22H21F3O4. The third-order valence-corrected chi connectivity index (χ3v) is 4.28. The molecule has 0 aromatic heterocycles. The van der Waals surface area contributed by atoms with Crippen molar-refractivity contribution < 1.29 is 32.6 Å². The first kappa shape index (κ1) is 22.2. The molecule has 154 valence electrons. The van der Waals surface area contributed by atoms with Gasteiger partial charge in [0.25, 0.3) is 0 Å². The summed E-state index contributed by atoms with van der Waals surface area (Å²) < 4.78 is 43.4. The molecule has 0 bridgehead atoms. The Hall–Kier alpha value is -3.09. The Labute approximate surface area is 166 Å². The summed E-state index contributed by atoms with van der Waals surface area (Å²) in [5, 5.41) is 9.22. The van der Waals surface area contributed by atoms with E-state index in [0.717, 1.165) is 24.3 Å². The predicted molar refractivity (Wildman–Crippen MR) is 103 cm³/mol. The standard InChI is InChI=1S/C22H21F3O4/c1-13-11-15(12-14(2)19(13)29-21(3,4)20(27)28)5-10-18(26)16-6-8-17(9-7-16)22(23,24)25/h5-12H,1-4H3,(H,27,28)/b10-5+. The maximum absolute atomic E-state index is 12.6. The lowest BCUT2D eigenvalue weighted by Gasteiger charge is -2.24. The zero-order valence-corrected chi connectivity index (χ0v) is 16.4. The minimum absolute atomic E-state index is 0.144. The van der Waals surface area contributed by atoms with Crippen LogP contribution < -0.4 is 4.74 Å². The number of carbonyl (C=O) groups is 2.